The second-order valence-corrected chi connectivity index (χ2v) is 4.30. The molecule has 0 bridgehead atoms. The molecule has 2 rings (SSSR count). The number of rotatable bonds is 4. The van der Waals surface area contributed by atoms with Gasteiger partial charge in [-0.15, -0.1) is 0 Å². The third-order valence-electron chi connectivity index (χ3n) is 2.82. The van der Waals surface area contributed by atoms with E-state index in [0.717, 1.165) is 23.9 Å². The molecule has 0 saturated heterocycles. The first-order valence-electron chi connectivity index (χ1n) is 6.08. The average Bonchev–Trinajstić information content (AvgIpc) is 2.44. The first kappa shape index (κ1) is 14.0. The van der Waals surface area contributed by atoms with E-state index in [-0.39, 0.29) is 18.1 Å². The van der Waals surface area contributed by atoms with Crippen molar-refractivity contribution in [2.24, 2.45) is 0 Å². The second-order valence-electron chi connectivity index (χ2n) is 4.30. The number of amides is 1. The summed E-state index contributed by atoms with van der Waals surface area (Å²) in [5.74, 6) is -1.58. The molecule has 1 amide bonds. The van der Waals surface area contributed by atoms with E-state index >= 15 is 0 Å². The molecule has 0 radical (unpaired) electrons. The number of anilines is 2. The quantitative estimate of drug-likeness (QED) is 0.931. The molecule has 0 aliphatic rings. The van der Waals surface area contributed by atoms with Crippen LogP contribution in [0.25, 0.3) is 0 Å². The highest BCUT2D eigenvalue weighted by molar-refractivity contribution is 5.95. The highest BCUT2D eigenvalue weighted by Gasteiger charge is 2.10. The molecule has 0 fully saturated rings. The summed E-state index contributed by atoms with van der Waals surface area (Å²) < 4.78 is 26.0. The number of halogens is 2. The smallest absolute Gasteiger partial charge is 0.246 e. The third kappa shape index (κ3) is 3.54. The van der Waals surface area contributed by atoms with E-state index in [1.807, 2.05) is 18.2 Å². The molecule has 5 heteroatoms. The fourth-order valence-electron chi connectivity index (χ4n) is 1.75. The Morgan fingerprint density at radius 3 is 2.30 bits per heavy atom. The van der Waals surface area contributed by atoms with Crippen molar-refractivity contribution in [2.75, 3.05) is 23.8 Å². The number of nitrogens with zero attached hydrogens (tertiary/aromatic N) is 1. The minimum absolute atomic E-state index is 0.0473. The maximum absolute atomic E-state index is 13.0. The van der Waals surface area contributed by atoms with E-state index in [1.165, 1.54) is 4.90 Å². The number of carbonyl (C=O) groups is 1. The molecule has 20 heavy (non-hydrogen) atoms. The summed E-state index contributed by atoms with van der Waals surface area (Å²) in [6.45, 7) is -0.0473. The predicted molar refractivity (Wildman–Crippen MR) is 74.7 cm³/mol. The van der Waals surface area contributed by atoms with Gasteiger partial charge in [0, 0.05) is 24.5 Å². The van der Waals surface area contributed by atoms with Crippen molar-refractivity contribution in [3.05, 3.63) is 60.2 Å². The molecule has 0 saturated carbocycles. The first-order chi connectivity index (χ1) is 9.56. The Balaban J connectivity index is 1.98. The Bertz CT molecular complexity index is 582. The van der Waals surface area contributed by atoms with E-state index in [0.29, 0.717) is 0 Å². The molecule has 1 N–H and O–H groups in total. The third-order valence-corrected chi connectivity index (χ3v) is 2.82. The summed E-state index contributed by atoms with van der Waals surface area (Å²) in [4.78, 5) is 13.4. The Labute approximate surface area is 115 Å². The first-order valence-corrected chi connectivity index (χ1v) is 6.08. The van der Waals surface area contributed by atoms with Crippen molar-refractivity contribution in [1.29, 1.82) is 0 Å². The molecule has 0 aliphatic carbocycles. The van der Waals surface area contributed by atoms with Crippen LogP contribution in [0.5, 0.6) is 0 Å². The average molecular weight is 276 g/mol. The lowest BCUT2D eigenvalue weighted by molar-refractivity contribution is -0.116. The maximum atomic E-state index is 13.0. The summed E-state index contributed by atoms with van der Waals surface area (Å²) in [6, 6.07) is 12.2. The molecule has 3 nitrogen and oxygen atoms in total. The monoisotopic (exact) mass is 276 g/mol. The van der Waals surface area contributed by atoms with Gasteiger partial charge in [0.15, 0.2) is 0 Å². The molecule has 0 aliphatic heterocycles. The van der Waals surface area contributed by atoms with Crippen molar-refractivity contribution in [3.8, 4) is 0 Å². The van der Waals surface area contributed by atoms with Crippen LogP contribution in [0.4, 0.5) is 20.2 Å². The number of hydrogen-bond donors (Lipinski definition) is 1. The molecule has 0 unspecified atom stereocenters. The molecule has 0 aromatic heterocycles. The number of hydrogen-bond acceptors (Lipinski definition) is 2. The van der Waals surface area contributed by atoms with Gasteiger partial charge in [0.1, 0.15) is 11.6 Å². The Hall–Kier alpha value is -2.43. The van der Waals surface area contributed by atoms with E-state index in [9.17, 15) is 13.6 Å². The van der Waals surface area contributed by atoms with Crippen LogP contribution >= 0.6 is 0 Å². The summed E-state index contributed by atoms with van der Waals surface area (Å²) in [5.41, 5.74) is 0.988. The van der Waals surface area contributed by atoms with Crippen LogP contribution in [0.1, 0.15) is 0 Å². The van der Waals surface area contributed by atoms with E-state index in [1.54, 1.807) is 19.2 Å². The highest BCUT2D eigenvalue weighted by Crippen LogP contribution is 2.14. The number of para-hydroxylation sites is 1. The largest absolute Gasteiger partial charge is 0.376 e. The van der Waals surface area contributed by atoms with Gasteiger partial charge in [-0.1, -0.05) is 18.2 Å². The van der Waals surface area contributed by atoms with E-state index in [4.69, 9.17) is 0 Å². The normalized spacial score (nSPS) is 10.2. The number of benzene rings is 2. The zero-order valence-electron chi connectivity index (χ0n) is 10.9. The lowest BCUT2D eigenvalue weighted by atomic mass is 10.3. The molecule has 0 atom stereocenters. The summed E-state index contributed by atoms with van der Waals surface area (Å²) in [6.07, 6.45) is 0. The van der Waals surface area contributed by atoms with Crippen LogP contribution in [0.15, 0.2) is 48.5 Å². The van der Waals surface area contributed by atoms with Gasteiger partial charge in [-0.25, -0.2) is 8.78 Å². The van der Waals surface area contributed by atoms with Crippen molar-refractivity contribution >= 4 is 17.3 Å². The van der Waals surface area contributed by atoms with Crippen LogP contribution in [-0.4, -0.2) is 19.5 Å². The molecule has 104 valence electrons. The number of likely N-dealkylation sites (N-methyl/N-ethyl adjacent to an activating group) is 1. The molecule has 2 aromatic carbocycles. The van der Waals surface area contributed by atoms with Gasteiger partial charge in [0.05, 0.1) is 6.54 Å². The van der Waals surface area contributed by atoms with Crippen LogP contribution in [0.3, 0.4) is 0 Å². The van der Waals surface area contributed by atoms with Crippen molar-refractivity contribution in [3.63, 3.8) is 0 Å². The van der Waals surface area contributed by atoms with Crippen molar-refractivity contribution in [2.45, 2.75) is 0 Å². The highest BCUT2D eigenvalue weighted by atomic mass is 19.1. The molecular formula is C15H14F2N2O. The SMILES string of the molecule is CN(C(=O)CNc1cc(F)cc(F)c1)c1ccccc1. The summed E-state index contributed by atoms with van der Waals surface area (Å²) in [5, 5.41) is 2.71. The van der Waals surface area contributed by atoms with E-state index in [2.05, 4.69) is 5.32 Å². The minimum atomic E-state index is -0.684. The summed E-state index contributed by atoms with van der Waals surface area (Å²) >= 11 is 0. The second kappa shape index (κ2) is 6.14. The zero-order valence-corrected chi connectivity index (χ0v) is 10.9. The lowest BCUT2D eigenvalue weighted by Crippen LogP contribution is -2.32. The minimum Gasteiger partial charge on any atom is -0.376 e. The molecule has 0 heterocycles. The van der Waals surface area contributed by atoms with Gasteiger partial charge in [-0.05, 0) is 24.3 Å². The zero-order chi connectivity index (χ0) is 14.5. The standard InChI is InChI=1S/C15H14F2N2O/c1-19(14-5-3-2-4-6-14)15(20)10-18-13-8-11(16)7-12(17)9-13/h2-9,18H,10H2,1H3. The van der Waals surface area contributed by atoms with Crippen molar-refractivity contribution < 1.29 is 13.6 Å². The van der Waals surface area contributed by atoms with Gasteiger partial charge in [-0.2, -0.15) is 0 Å². The summed E-state index contributed by atoms with van der Waals surface area (Å²) in [7, 11) is 1.64. The Morgan fingerprint density at radius 1 is 1.10 bits per heavy atom. The van der Waals surface area contributed by atoms with Crippen molar-refractivity contribution in [1.82, 2.24) is 0 Å². The molecular weight excluding hydrogens is 262 g/mol. The van der Waals surface area contributed by atoms with Crippen LogP contribution in [0.2, 0.25) is 0 Å². The molecule has 2 aromatic rings. The Morgan fingerprint density at radius 2 is 1.70 bits per heavy atom. The number of carbonyl (C=O) groups excluding carboxylic acids is 1. The van der Waals surface area contributed by atoms with Crippen LogP contribution < -0.4 is 10.2 Å². The van der Waals surface area contributed by atoms with Gasteiger partial charge < -0.3 is 10.2 Å². The topological polar surface area (TPSA) is 32.3 Å². The maximum Gasteiger partial charge on any atom is 0.246 e. The Kier molecular flexibility index (Phi) is 4.30. The van der Waals surface area contributed by atoms with Gasteiger partial charge in [-0.3, -0.25) is 4.79 Å². The molecule has 0 spiro atoms. The predicted octanol–water partition coefficient (Wildman–Crippen LogP) is 3.04. The van der Waals surface area contributed by atoms with Crippen LogP contribution in [-0.2, 0) is 4.79 Å². The van der Waals surface area contributed by atoms with E-state index < -0.39 is 11.6 Å². The lowest BCUT2D eigenvalue weighted by Gasteiger charge is -2.17. The fraction of sp³-hybridized carbons (Fsp3) is 0.133. The van der Waals surface area contributed by atoms with Gasteiger partial charge >= 0.3 is 0 Å². The fourth-order valence-corrected chi connectivity index (χ4v) is 1.75. The van der Waals surface area contributed by atoms with Gasteiger partial charge in [0.2, 0.25) is 5.91 Å². The van der Waals surface area contributed by atoms with Crippen LogP contribution in [0, 0.1) is 11.6 Å². The van der Waals surface area contributed by atoms with Gasteiger partial charge in [0.25, 0.3) is 0 Å². The number of nitrogens with one attached hydrogen (secondary N) is 1.